The highest BCUT2D eigenvalue weighted by atomic mass is 16.2. The fourth-order valence-corrected chi connectivity index (χ4v) is 4.97. The van der Waals surface area contributed by atoms with Crippen LogP contribution >= 0.6 is 0 Å². The summed E-state index contributed by atoms with van der Waals surface area (Å²) in [6.07, 6.45) is 9.41. The van der Waals surface area contributed by atoms with Crippen LogP contribution in [-0.4, -0.2) is 66.9 Å². The third kappa shape index (κ3) is 4.73. The number of rotatable bonds is 5. The second-order valence-electron chi connectivity index (χ2n) is 8.00. The smallest absolute Gasteiger partial charge is 0.237 e. The first-order valence-corrected chi connectivity index (χ1v) is 10.2. The molecule has 6 heteroatoms. The van der Waals surface area contributed by atoms with E-state index in [9.17, 15) is 9.59 Å². The van der Waals surface area contributed by atoms with E-state index in [0.29, 0.717) is 32.2 Å². The molecule has 3 N–H and O–H groups in total. The highest BCUT2D eigenvalue weighted by Gasteiger charge is 2.36. The number of nitrogens with one attached hydrogen (secondary N) is 1. The van der Waals surface area contributed by atoms with Crippen molar-refractivity contribution >= 4 is 11.8 Å². The van der Waals surface area contributed by atoms with Crippen LogP contribution in [0.25, 0.3) is 0 Å². The van der Waals surface area contributed by atoms with Crippen molar-refractivity contribution in [3.05, 3.63) is 0 Å². The van der Waals surface area contributed by atoms with Gasteiger partial charge in [-0.2, -0.15) is 0 Å². The van der Waals surface area contributed by atoms with Crippen molar-refractivity contribution < 1.29 is 9.59 Å². The molecular formula is C19H34N4O2. The molecule has 3 unspecified atom stereocenters. The molecule has 1 saturated carbocycles. The third-order valence-electron chi connectivity index (χ3n) is 6.24. The lowest BCUT2D eigenvalue weighted by atomic mass is 9.78. The molecule has 0 aromatic rings. The van der Waals surface area contributed by atoms with E-state index in [-0.39, 0.29) is 17.7 Å². The molecule has 3 aliphatic rings. The predicted octanol–water partition coefficient (Wildman–Crippen LogP) is 0.955. The van der Waals surface area contributed by atoms with Crippen LogP contribution in [0.2, 0.25) is 0 Å². The molecule has 0 aromatic carbocycles. The van der Waals surface area contributed by atoms with E-state index in [1.165, 1.54) is 32.1 Å². The van der Waals surface area contributed by atoms with Gasteiger partial charge in [0.25, 0.3) is 0 Å². The molecule has 2 aliphatic heterocycles. The van der Waals surface area contributed by atoms with E-state index < -0.39 is 0 Å². The fraction of sp³-hybridized carbons (Fsp3) is 0.895. The predicted molar refractivity (Wildman–Crippen MR) is 97.9 cm³/mol. The largest absolute Gasteiger partial charge is 0.355 e. The topological polar surface area (TPSA) is 78.7 Å². The maximum Gasteiger partial charge on any atom is 0.237 e. The minimum absolute atomic E-state index is 0.00288. The number of fused-ring (bicyclic) bond motifs is 1. The second-order valence-corrected chi connectivity index (χ2v) is 8.00. The van der Waals surface area contributed by atoms with Crippen LogP contribution in [0.5, 0.6) is 0 Å². The Morgan fingerprint density at radius 2 is 1.76 bits per heavy atom. The van der Waals surface area contributed by atoms with E-state index in [1.807, 2.05) is 0 Å². The van der Waals surface area contributed by atoms with Crippen LogP contribution in [0.3, 0.4) is 0 Å². The zero-order valence-corrected chi connectivity index (χ0v) is 15.4. The summed E-state index contributed by atoms with van der Waals surface area (Å²) in [6, 6.07) is 0.475. The summed E-state index contributed by atoms with van der Waals surface area (Å²) in [7, 11) is 0. The lowest BCUT2D eigenvalue weighted by Gasteiger charge is -2.45. The van der Waals surface area contributed by atoms with Crippen LogP contribution in [0.1, 0.15) is 51.4 Å². The molecular weight excluding hydrogens is 316 g/mol. The number of amides is 2. The molecule has 3 rings (SSSR count). The molecule has 25 heavy (non-hydrogen) atoms. The zero-order chi connectivity index (χ0) is 17.6. The van der Waals surface area contributed by atoms with Crippen LogP contribution in [0.4, 0.5) is 0 Å². The summed E-state index contributed by atoms with van der Waals surface area (Å²) < 4.78 is 0. The minimum atomic E-state index is -0.00288. The molecule has 6 nitrogen and oxygen atoms in total. The van der Waals surface area contributed by atoms with Gasteiger partial charge in [-0.3, -0.25) is 14.5 Å². The summed E-state index contributed by atoms with van der Waals surface area (Å²) in [4.78, 5) is 29.5. The Kier molecular flexibility index (Phi) is 6.70. The highest BCUT2D eigenvalue weighted by molar-refractivity contribution is 5.80. The number of carbonyl (C=O) groups excluding carboxylic acids is 2. The van der Waals surface area contributed by atoms with Gasteiger partial charge in [0.05, 0.1) is 12.5 Å². The summed E-state index contributed by atoms with van der Waals surface area (Å²) in [5.74, 6) is 1.09. The monoisotopic (exact) mass is 350 g/mol. The van der Waals surface area contributed by atoms with Gasteiger partial charge in [0.1, 0.15) is 0 Å². The Morgan fingerprint density at radius 3 is 2.60 bits per heavy atom. The Hall–Kier alpha value is -1.14. The highest BCUT2D eigenvalue weighted by Crippen LogP contribution is 2.35. The Morgan fingerprint density at radius 1 is 1.00 bits per heavy atom. The van der Waals surface area contributed by atoms with Crippen LogP contribution in [0.15, 0.2) is 0 Å². The molecule has 0 bridgehead atoms. The first-order chi connectivity index (χ1) is 12.2. The van der Waals surface area contributed by atoms with Gasteiger partial charge in [-0.15, -0.1) is 0 Å². The molecule has 2 amide bonds. The van der Waals surface area contributed by atoms with E-state index in [0.717, 1.165) is 38.3 Å². The summed E-state index contributed by atoms with van der Waals surface area (Å²) in [6.45, 7) is 4.03. The number of hydrogen-bond acceptors (Lipinski definition) is 4. The van der Waals surface area contributed by atoms with Crippen LogP contribution in [0, 0.1) is 11.8 Å². The van der Waals surface area contributed by atoms with Gasteiger partial charge in [-0.05, 0) is 51.0 Å². The van der Waals surface area contributed by atoms with Gasteiger partial charge in [0.2, 0.25) is 11.8 Å². The van der Waals surface area contributed by atoms with Crippen molar-refractivity contribution in [2.45, 2.75) is 57.4 Å². The third-order valence-corrected chi connectivity index (χ3v) is 6.24. The van der Waals surface area contributed by atoms with Crippen molar-refractivity contribution in [3.63, 3.8) is 0 Å². The normalized spacial score (nSPS) is 30.6. The maximum absolute atomic E-state index is 12.9. The number of likely N-dealkylation sites (tertiary alicyclic amines) is 2. The molecule has 142 valence electrons. The van der Waals surface area contributed by atoms with Crippen molar-refractivity contribution in [2.75, 3.05) is 39.3 Å². The summed E-state index contributed by atoms with van der Waals surface area (Å²) in [5.41, 5.74) is 5.46. The maximum atomic E-state index is 12.9. The molecule has 3 fully saturated rings. The summed E-state index contributed by atoms with van der Waals surface area (Å²) >= 11 is 0. The molecule has 2 saturated heterocycles. The minimum Gasteiger partial charge on any atom is -0.355 e. The Balaban J connectivity index is 1.52. The average Bonchev–Trinajstić information content (AvgIpc) is 2.65. The van der Waals surface area contributed by atoms with E-state index >= 15 is 0 Å². The number of piperidine rings is 2. The number of nitrogens with zero attached hydrogens (tertiary/aromatic N) is 2. The van der Waals surface area contributed by atoms with Crippen molar-refractivity contribution in [1.82, 2.24) is 15.1 Å². The lowest BCUT2D eigenvalue weighted by molar-refractivity contribution is -0.140. The van der Waals surface area contributed by atoms with E-state index in [2.05, 4.69) is 15.1 Å². The first-order valence-electron chi connectivity index (χ1n) is 10.2. The van der Waals surface area contributed by atoms with E-state index in [4.69, 9.17) is 5.73 Å². The molecule has 0 aromatic heterocycles. The fourth-order valence-electron chi connectivity index (χ4n) is 4.97. The van der Waals surface area contributed by atoms with Gasteiger partial charge >= 0.3 is 0 Å². The van der Waals surface area contributed by atoms with E-state index in [1.54, 1.807) is 0 Å². The quantitative estimate of drug-likeness (QED) is 0.774. The SMILES string of the molecule is NCCNC(=O)C1CCCN(CC(=O)N2CCCC3CCCCC32)C1. The molecule has 1 aliphatic carbocycles. The first kappa shape index (κ1) is 18.6. The standard InChI is InChI=1S/C19H34N4O2/c20-9-10-21-19(25)16-7-3-11-22(13-16)14-18(24)23-12-4-6-15-5-1-2-8-17(15)23/h15-17H,1-14,20H2,(H,21,25). The van der Waals surface area contributed by atoms with Gasteiger partial charge in [-0.25, -0.2) is 0 Å². The molecule has 3 atom stereocenters. The van der Waals surface area contributed by atoms with Crippen molar-refractivity contribution in [1.29, 1.82) is 0 Å². The number of carbonyl (C=O) groups is 2. The van der Waals surface area contributed by atoms with Gasteiger partial charge in [0, 0.05) is 32.2 Å². The summed E-state index contributed by atoms with van der Waals surface area (Å²) in [5, 5.41) is 2.89. The van der Waals surface area contributed by atoms with Gasteiger partial charge < -0.3 is 16.0 Å². The number of hydrogen-bond donors (Lipinski definition) is 2. The average molecular weight is 351 g/mol. The van der Waals surface area contributed by atoms with Gasteiger partial charge in [-0.1, -0.05) is 12.8 Å². The second kappa shape index (κ2) is 8.99. The van der Waals surface area contributed by atoms with Gasteiger partial charge in [0.15, 0.2) is 0 Å². The lowest BCUT2D eigenvalue weighted by Crippen LogP contribution is -2.53. The Bertz CT molecular complexity index is 468. The molecule has 0 spiro atoms. The van der Waals surface area contributed by atoms with Crippen LogP contribution < -0.4 is 11.1 Å². The zero-order valence-electron chi connectivity index (χ0n) is 15.4. The van der Waals surface area contributed by atoms with Crippen LogP contribution in [-0.2, 0) is 9.59 Å². The Labute approximate surface area is 151 Å². The van der Waals surface area contributed by atoms with Crippen molar-refractivity contribution in [3.8, 4) is 0 Å². The molecule has 0 radical (unpaired) electrons. The number of nitrogens with two attached hydrogens (primary N) is 1. The molecule has 2 heterocycles. The van der Waals surface area contributed by atoms with Crippen molar-refractivity contribution in [2.24, 2.45) is 17.6 Å².